The van der Waals surface area contributed by atoms with Crippen molar-refractivity contribution in [3.8, 4) is 6.07 Å². The van der Waals surface area contributed by atoms with Gasteiger partial charge in [-0.2, -0.15) is 5.26 Å². The Morgan fingerprint density at radius 1 is 1.10 bits per heavy atom. The van der Waals surface area contributed by atoms with E-state index in [0.717, 1.165) is 51.8 Å². The van der Waals surface area contributed by atoms with Gasteiger partial charge in [-0.25, -0.2) is 9.78 Å². The second-order valence-electron chi connectivity index (χ2n) is 11.0. The highest BCUT2D eigenvalue weighted by Crippen LogP contribution is 2.42. The fourth-order valence-corrected chi connectivity index (χ4v) is 6.66. The van der Waals surface area contributed by atoms with Crippen molar-refractivity contribution in [1.29, 1.82) is 5.26 Å². The van der Waals surface area contributed by atoms with Crippen LogP contribution in [0.2, 0.25) is 0 Å². The second kappa shape index (κ2) is 9.65. The van der Waals surface area contributed by atoms with Crippen LogP contribution in [0.5, 0.6) is 0 Å². The van der Waals surface area contributed by atoms with E-state index >= 15 is 0 Å². The molecule has 0 atom stereocenters. The Hall–Kier alpha value is -4.42. The number of aliphatic hydroxyl groups is 1. The Morgan fingerprint density at radius 3 is 2.75 bits per heavy atom. The normalized spacial score (nSPS) is 18.1. The van der Waals surface area contributed by atoms with Crippen LogP contribution >= 0.6 is 0 Å². The van der Waals surface area contributed by atoms with Crippen molar-refractivity contribution in [1.82, 2.24) is 23.8 Å². The van der Waals surface area contributed by atoms with E-state index in [1.54, 1.807) is 6.20 Å². The predicted octanol–water partition coefficient (Wildman–Crippen LogP) is 4.07. The maximum atomic E-state index is 13.5. The van der Waals surface area contributed by atoms with Crippen molar-refractivity contribution in [2.75, 3.05) is 26.2 Å². The number of amides is 2. The zero-order valence-electron chi connectivity index (χ0n) is 22.2. The van der Waals surface area contributed by atoms with Crippen LogP contribution in [0.15, 0.2) is 48.9 Å². The average Bonchev–Trinajstić information content (AvgIpc) is 3.65. The molecule has 1 aliphatic carbocycles. The van der Waals surface area contributed by atoms with Crippen molar-refractivity contribution < 1.29 is 14.7 Å². The third kappa shape index (κ3) is 3.90. The molecular formula is C31H30N6O3. The van der Waals surface area contributed by atoms with Crippen molar-refractivity contribution >= 4 is 39.5 Å². The number of aromatic nitrogens is 3. The van der Waals surface area contributed by atoms with E-state index in [-0.39, 0.29) is 24.3 Å². The first-order valence-corrected chi connectivity index (χ1v) is 14.0. The Kier molecular flexibility index (Phi) is 5.93. The van der Waals surface area contributed by atoms with Gasteiger partial charge in [-0.1, -0.05) is 6.07 Å². The molecule has 0 saturated carbocycles. The highest BCUT2D eigenvalue weighted by atomic mass is 16.3. The van der Waals surface area contributed by atoms with Crippen LogP contribution in [0.25, 0.3) is 27.7 Å². The van der Waals surface area contributed by atoms with Gasteiger partial charge in [0.2, 0.25) is 0 Å². The number of Topliss-reactive ketones (excluding diaryl/α,β-unsaturated/α-hetero) is 1. The van der Waals surface area contributed by atoms with Gasteiger partial charge in [-0.15, -0.1) is 0 Å². The monoisotopic (exact) mass is 534 g/mol. The standard InChI is InChI=1S/C31H30N6O3/c32-15-21-13-22-17-36(31(40)34-9-6-20(19-38)7-10-34)12-11-35-18-25(24(14-21)30(22)35)23-4-5-27(39)29(23)26-16-33-28-3-1-2-8-37(26)28/h1-3,8,13-14,16,18,20,38H,4-7,9-12,17,19H2. The molecule has 2 aliphatic heterocycles. The zero-order valence-corrected chi connectivity index (χ0v) is 22.2. The Labute approximate surface area is 231 Å². The van der Waals surface area contributed by atoms with E-state index in [1.807, 2.05) is 50.7 Å². The highest BCUT2D eigenvalue weighted by molar-refractivity contribution is 6.31. The SMILES string of the molecule is N#Cc1cc2c3c(c1)c(C1=C(c4cnc5ccccn45)C(=O)CC1)cn3CCN(C(=O)N1CCC(CO)CC1)C2. The quantitative estimate of drug-likeness (QED) is 0.426. The third-order valence-electron chi connectivity index (χ3n) is 8.75. The summed E-state index contributed by atoms with van der Waals surface area (Å²) in [6.07, 6.45) is 8.51. The minimum Gasteiger partial charge on any atom is -0.396 e. The molecule has 1 fully saturated rings. The van der Waals surface area contributed by atoms with Gasteiger partial charge in [0, 0.05) is 74.7 Å². The summed E-state index contributed by atoms with van der Waals surface area (Å²) in [6, 6.07) is 11.9. The van der Waals surface area contributed by atoms with Crippen LogP contribution in [0.4, 0.5) is 4.79 Å². The summed E-state index contributed by atoms with van der Waals surface area (Å²) in [5, 5.41) is 20.3. The first-order chi connectivity index (χ1) is 19.6. The van der Waals surface area contributed by atoms with Crippen LogP contribution in [0, 0.1) is 17.2 Å². The number of rotatable bonds is 3. The smallest absolute Gasteiger partial charge is 0.320 e. The largest absolute Gasteiger partial charge is 0.396 e. The molecule has 7 rings (SSSR count). The van der Waals surface area contributed by atoms with Crippen molar-refractivity contribution in [3.05, 3.63) is 71.3 Å². The summed E-state index contributed by atoms with van der Waals surface area (Å²) in [4.78, 5) is 35.0. The topological polar surface area (TPSA) is 107 Å². The number of imidazole rings is 1. The van der Waals surface area contributed by atoms with Crippen LogP contribution in [-0.4, -0.2) is 66.9 Å². The van der Waals surface area contributed by atoms with Gasteiger partial charge in [0.1, 0.15) is 5.65 Å². The number of nitriles is 1. The molecule has 9 nitrogen and oxygen atoms in total. The van der Waals surface area contributed by atoms with Gasteiger partial charge in [-0.05, 0) is 60.6 Å². The van der Waals surface area contributed by atoms with Gasteiger partial charge in [0.05, 0.1) is 29.0 Å². The van der Waals surface area contributed by atoms with Gasteiger partial charge >= 0.3 is 6.03 Å². The Balaban J connectivity index is 1.31. The van der Waals surface area contributed by atoms with Gasteiger partial charge in [0.15, 0.2) is 5.78 Å². The van der Waals surface area contributed by atoms with Crippen LogP contribution in [0.3, 0.4) is 0 Å². The molecule has 40 heavy (non-hydrogen) atoms. The van der Waals surface area contributed by atoms with Crippen molar-refractivity contribution in [2.24, 2.45) is 5.92 Å². The first-order valence-electron chi connectivity index (χ1n) is 14.0. The molecule has 3 aliphatic rings. The van der Waals surface area contributed by atoms with Crippen LogP contribution in [0.1, 0.15) is 48.1 Å². The second-order valence-corrected chi connectivity index (χ2v) is 11.0. The number of aliphatic hydroxyl groups excluding tert-OH is 1. The number of pyridine rings is 1. The summed E-state index contributed by atoms with van der Waals surface area (Å²) in [5.41, 5.74) is 6.75. The molecule has 0 unspecified atom stereocenters. The summed E-state index contributed by atoms with van der Waals surface area (Å²) in [5.74, 6) is 0.369. The number of hydrogen-bond acceptors (Lipinski definition) is 5. The van der Waals surface area contributed by atoms with Crippen molar-refractivity contribution in [3.63, 3.8) is 0 Å². The molecule has 4 aromatic rings. The summed E-state index contributed by atoms with van der Waals surface area (Å²) < 4.78 is 4.15. The van der Waals surface area contributed by atoms with E-state index < -0.39 is 0 Å². The fraction of sp³-hybridized carbons (Fsp3) is 0.355. The van der Waals surface area contributed by atoms with E-state index in [9.17, 15) is 20.0 Å². The molecular weight excluding hydrogens is 504 g/mol. The number of hydrogen-bond donors (Lipinski definition) is 1. The minimum absolute atomic E-state index is 0.0110. The predicted molar refractivity (Wildman–Crippen MR) is 150 cm³/mol. The molecule has 3 aromatic heterocycles. The molecule has 5 heterocycles. The van der Waals surface area contributed by atoms with E-state index in [4.69, 9.17) is 0 Å². The van der Waals surface area contributed by atoms with Gasteiger partial charge in [-0.3, -0.25) is 9.20 Å². The molecule has 0 spiro atoms. The number of piperidine rings is 1. The van der Waals surface area contributed by atoms with E-state index in [0.29, 0.717) is 56.7 Å². The molecule has 9 heteroatoms. The van der Waals surface area contributed by atoms with Crippen LogP contribution in [-0.2, 0) is 17.9 Å². The van der Waals surface area contributed by atoms with Gasteiger partial charge < -0.3 is 19.5 Å². The van der Waals surface area contributed by atoms with Crippen molar-refractivity contribution in [2.45, 2.75) is 38.8 Å². The lowest BCUT2D eigenvalue weighted by molar-refractivity contribution is -0.113. The minimum atomic E-state index is 0.0110. The fourth-order valence-electron chi connectivity index (χ4n) is 6.66. The molecule has 202 valence electrons. The number of fused-ring (bicyclic) bond motifs is 1. The van der Waals surface area contributed by atoms with E-state index in [1.165, 1.54) is 0 Å². The van der Waals surface area contributed by atoms with Crippen LogP contribution < -0.4 is 0 Å². The number of urea groups is 1. The summed E-state index contributed by atoms with van der Waals surface area (Å²) in [7, 11) is 0. The average molecular weight is 535 g/mol. The molecule has 1 saturated heterocycles. The van der Waals surface area contributed by atoms with E-state index in [2.05, 4.69) is 21.8 Å². The molecule has 1 N–H and O–H groups in total. The Morgan fingerprint density at radius 2 is 1.95 bits per heavy atom. The number of likely N-dealkylation sites (tertiary alicyclic amines) is 1. The number of carbonyl (C=O) groups is 2. The number of carbonyl (C=O) groups excluding carboxylic acids is 2. The summed E-state index contributed by atoms with van der Waals surface area (Å²) in [6.45, 7) is 3.07. The first kappa shape index (κ1) is 24.6. The highest BCUT2D eigenvalue weighted by Gasteiger charge is 2.32. The number of benzene rings is 1. The lowest BCUT2D eigenvalue weighted by Gasteiger charge is -2.35. The zero-order chi connectivity index (χ0) is 27.4. The number of allylic oxidation sites excluding steroid dienone is 2. The third-order valence-corrected chi connectivity index (χ3v) is 8.75. The lowest BCUT2D eigenvalue weighted by Crippen LogP contribution is -2.47. The maximum absolute atomic E-state index is 13.5. The molecule has 2 amide bonds. The van der Waals surface area contributed by atoms with Gasteiger partial charge in [0.25, 0.3) is 0 Å². The molecule has 0 radical (unpaired) electrons. The Bertz CT molecular complexity index is 1750. The molecule has 0 bridgehead atoms. The number of ketones is 1. The molecule has 1 aromatic carbocycles. The lowest BCUT2D eigenvalue weighted by atomic mass is 9.97. The summed E-state index contributed by atoms with van der Waals surface area (Å²) >= 11 is 0. The number of nitrogens with zero attached hydrogens (tertiary/aromatic N) is 6. The maximum Gasteiger partial charge on any atom is 0.320 e.